The van der Waals surface area contributed by atoms with Gasteiger partial charge in [-0.05, 0) is 19.0 Å². The lowest BCUT2D eigenvalue weighted by Crippen LogP contribution is -2.51. The second-order valence-electron chi connectivity index (χ2n) is 5.70. The Kier molecular flexibility index (Phi) is 4.47. The maximum absolute atomic E-state index is 12.6. The molecule has 122 valence electrons. The molecule has 8 heteroatoms. The van der Waals surface area contributed by atoms with E-state index >= 15 is 0 Å². The molecule has 0 amide bonds. The van der Waals surface area contributed by atoms with E-state index in [1.54, 1.807) is 0 Å². The summed E-state index contributed by atoms with van der Waals surface area (Å²) in [4.78, 5) is 8.32. The van der Waals surface area contributed by atoms with Crippen molar-refractivity contribution in [3.05, 3.63) is 22.8 Å². The fourth-order valence-electron chi connectivity index (χ4n) is 3.07. The molecule has 0 bridgehead atoms. The Morgan fingerprint density at radius 1 is 1.23 bits per heavy atom. The van der Waals surface area contributed by atoms with Crippen molar-refractivity contribution in [1.29, 1.82) is 0 Å². The highest BCUT2D eigenvalue weighted by atomic mass is 35.5. The van der Waals surface area contributed by atoms with E-state index < -0.39 is 11.7 Å². The van der Waals surface area contributed by atoms with Crippen molar-refractivity contribution in [3.8, 4) is 0 Å². The van der Waals surface area contributed by atoms with Crippen molar-refractivity contribution in [3.63, 3.8) is 0 Å². The Hall–Kier alpha value is -1.05. The van der Waals surface area contributed by atoms with Crippen LogP contribution in [0.25, 0.3) is 0 Å². The highest BCUT2D eigenvalue weighted by Crippen LogP contribution is 2.33. The Balaban J connectivity index is 1.66. The van der Waals surface area contributed by atoms with E-state index in [1.165, 1.54) is 0 Å². The molecule has 1 N–H and O–H groups in total. The van der Waals surface area contributed by atoms with Crippen molar-refractivity contribution >= 4 is 17.4 Å². The van der Waals surface area contributed by atoms with Crippen LogP contribution in [0.5, 0.6) is 0 Å². The van der Waals surface area contributed by atoms with Gasteiger partial charge in [0.05, 0.1) is 10.6 Å². The third-order valence-corrected chi connectivity index (χ3v) is 4.59. The van der Waals surface area contributed by atoms with E-state index in [0.29, 0.717) is 11.9 Å². The molecule has 0 saturated carbocycles. The van der Waals surface area contributed by atoms with E-state index in [2.05, 4.69) is 15.2 Å². The summed E-state index contributed by atoms with van der Waals surface area (Å²) in [5, 5.41) is 3.41. The summed E-state index contributed by atoms with van der Waals surface area (Å²) in [7, 11) is 0. The lowest BCUT2D eigenvalue weighted by Gasteiger charge is -2.38. The maximum Gasteiger partial charge on any atom is 0.417 e. The first-order valence-corrected chi connectivity index (χ1v) is 7.75. The number of nitrogens with one attached hydrogen (secondary N) is 1. The van der Waals surface area contributed by atoms with Gasteiger partial charge in [0.2, 0.25) is 0 Å². The molecule has 0 aromatic carbocycles. The quantitative estimate of drug-likeness (QED) is 0.899. The predicted octanol–water partition coefficient (Wildman–Crippen LogP) is 2.24. The first kappa shape index (κ1) is 15.8. The molecule has 2 aliphatic rings. The summed E-state index contributed by atoms with van der Waals surface area (Å²) in [6, 6.07) is 1.52. The molecular formula is C14H18ClF3N4. The van der Waals surface area contributed by atoms with Gasteiger partial charge < -0.3 is 10.2 Å². The van der Waals surface area contributed by atoms with Crippen LogP contribution in [0.15, 0.2) is 12.3 Å². The highest BCUT2D eigenvalue weighted by molar-refractivity contribution is 6.33. The van der Waals surface area contributed by atoms with Crippen LogP contribution in [0.4, 0.5) is 19.0 Å². The number of nitrogens with zero attached hydrogens (tertiary/aromatic N) is 3. The summed E-state index contributed by atoms with van der Waals surface area (Å²) in [5.74, 6) is 0.443. The van der Waals surface area contributed by atoms with Crippen LogP contribution in [-0.4, -0.2) is 55.2 Å². The predicted molar refractivity (Wildman–Crippen MR) is 79.3 cm³/mol. The average Bonchev–Trinajstić information content (AvgIpc) is 3.01. The Bertz CT molecular complexity index is 523. The number of anilines is 1. The summed E-state index contributed by atoms with van der Waals surface area (Å²) >= 11 is 6.00. The molecule has 1 aromatic heterocycles. The molecule has 1 atom stereocenters. The van der Waals surface area contributed by atoms with E-state index in [1.807, 2.05) is 4.90 Å². The standard InChI is InChI=1S/C14H18ClF3N4/c15-12-7-10(14(16,17)18)8-20-13(12)22-5-3-21(4-6-22)11-1-2-19-9-11/h7-8,11,19H,1-6,9H2. The first-order valence-electron chi connectivity index (χ1n) is 7.37. The van der Waals surface area contributed by atoms with Crippen LogP contribution >= 0.6 is 11.6 Å². The van der Waals surface area contributed by atoms with Crippen LogP contribution in [0.1, 0.15) is 12.0 Å². The molecule has 4 nitrogen and oxygen atoms in total. The fraction of sp³-hybridized carbons (Fsp3) is 0.643. The van der Waals surface area contributed by atoms with Crippen molar-refractivity contribution in [2.24, 2.45) is 0 Å². The van der Waals surface area contributed by atoms with Crippen LogP contribution in [0, 0.1) is 0 Å². The third-order valence-electron chi connectivity index (χ3n) is 4.31. The zero-order chi connectivity index (χ0) is 15.7. The molecule has 0 radical (unpaired) electrons. The fourth-order valence-corrected chi connectivity index (χ4v) is 3.35. The monoisotopic (exact) mass is 334 g/mol. The number of alkyl halides is 3. The SMILES string of the molecule is FC(F)(F)c1cnc(N2CCN(C3CCNC3)CC2)c(Cl)c1. The second-order valence-corrected chi connectivity index (χ2v) is 6.10. The molecule has 3 heterocycles. The van der Waals surface area contributed by atoms with Gasteiger partial charge in [-0.25, -0.2) is 4.98 Å². The minimum absolute atomic E-state index is 0.0609. The Morgan fingerprint density at radius 2 is 1.95 bits per heavy atom. The van der Waals surface area contributed by atoms with Gasteiger partial charge in [0.25, 0.3) is 0 Å². The van der Waals surface area contributed by atoms with Gasteiger partial charge in [-0.2, -0.15) is 13.2 Å². The van der Waals surface area contributed by atoms with Crippen LogP contribution < -0.4 is 10.2 Å². The van der Waals surface area contributed by atoms with E-state index in [9.17, 15) is 13.2 Å². The lowest BCUT2D eigenvalue weighted by molar-refractivity contribution is -0.137. The summed E-state index contributed by atoms with van der Waals surface area (Å²) in [5.41, 5.74) is -0.808. The molecular weight excluding hydrogens is 317 g/mol. The smallest absolute Gasteiger partial charge is 0.353 e. The van der Waals surface area contributed by atoms with Gasteiger partial charge in [-0.3, -0.25) is 4.90 Å². The minimum atomic E-state index is -4.41. The van der Waals surface area contributed by atoms with E-state index in [0.717, 1.165) is 58.0 Å². The number of hydrogen-bond acceptors (Lipinski definition) is 4. The maximum atomic E-state index is 12.6. The van der Waals surface area contributed by atoms with Gasteiger partial charge in [0, 0.05) is 45.0 Å². The average molecular weight is 335 g/mol. The number of hydrogen-bond donors (Lipinski definition) is 1. The number of rotatable bonds is 2. The van der Waals surface area contributed by atoms with E-state index in [-0.39, 0.29) is 5.02 Å². The number of pyridine rings is 1. The summed E-state index contributed by atoms with van der Waals surface area (Å²) in [6.07, 6.45) is -2.41. The molecule has 0 aliphatic carbocycles. The zero-order valence-electron chi connectivity index (χ0n) is 12.0. The highest BCUT2D eigenvalue weighted by Gasteiger charge is 2.32. The van der Waals surface area contributed by atoms with Crippen molar-refractivity contribution < 1.29 is 13.2 Å². The molecule has 2 saturated heterocycles. The molecule has 1 unspecified atom stereocenters. The summed E-state index contributed by atoms with van der Waals surface area (Å²) in [6.45, 7) is 5.29. The third kappa shape index (κ3) is 3.31. The molecule has 1 aromatic rings. The topological polar surface area (TPSA) is 31.4 Å². The number of piperazine rings is 1. The zero-order valence-corrected chi connectivity index (χ0v) is 12.8. The van der Waals surface area contributed by atoms with Crippen molar-refractivity contribution in [2.45, 2.75) is 18.6 Å². The molecule has 22 heavy (non-hydrogen) atoms. The van der Waals surface area contributed by atoms with Crippen LogP contribution in [0.2, 0.25) is 5.02 Å². The van der Waals surface area contributed by atoms with Gasteiger partial charge in [-0.1, -0.05) is 11.6 Å². The Labute approximate surface area is 132 Å². The van der Waals surface area contributed by atoms with Crippen molar-refractivity contribution in [2.75, 3.05) is 44.2 Å². The van der Waals surface area contributed by atoms with Crippen LogP contribution in [0.3, 0.4) is 0 Å². The van der Waals surface area contributed by atoms with Crippen molar-refractivity contribution in [1.82, 2.24) is 15.2 Å². The second kappa shape index (κ2) is 6.22. The molecule has 2 aliphatic heterocycles. The number of halogens is 4. The van der Waals surface area contributed by atoms with Gasteiger partial charge >= 0.3 is 6.18 Å². The van der Waals surface area contributed by atoms with Gasteiger partial charge in [0.15, 0.2) is 0 Å². The summed E-state index contributed by atoms with van der Waals surface area (Å²) < 4.78 is 37.9. The minimum Gasteiger partial charge on any atom is -0.353 e. The van der Waals surface area contributed by atoms with Gasteiger partial charge in [-0.15, -0.1) is 0 Å². The lowest BCUT2D eigenvalue weighted by atomic mass is 10.2. The molecule has 3 rings (SSSR count). The largest absolute Gasteiger partial charge is 0.417 e. The van der Waals surface area contributed by atoms with E-state index in [4.69, 9.17) is 11.6 Å². The number of aromatic nitrogens is 1. The van der Waals surface area contributed by atoms with Crippen LogP contribution in [-0.2, 0) is 6.18 Å². The normalized spacial score (nSPS) is 24.0. The first-order chi connectivity index (χ1) is 10.4. The Morgan fingerprint density at radius 3 is 2.50 bits per heavy atom. The van der Waals surface area contributed by atoms with Gasteiger partial charge in [0.1, 0.15) is 5.82 Å². The molecule has 2 fully saturated rings. The molecule has 0 spiro atoms.